The van der Waals surface area contributed by atoms with Gasteiger partial charge in [-0.05, 0) is 37.3 Å². The van der Waals surface area contributed by atoms with E-state index in [9.17, 15) is 9.65 Å². The van der Waals surface area contributed by atoms with Crippen LogP contribution in [0.5, 0.6) is 5.75 Å². The first-order chi connectivity index (χ1) is 10.00. The summed E-state index contributed by atoms with van der Waals surface area (Å²) in [6.07, 6.45) is 0. The maximum absolute atomic E-state index is 14.1. The largest absolute Gasteiger partial charge is 0.495 e. The van der Waals surface area contributed by atoms with E-state index in [0.717, 1.165) is 0 Å². The predicted molar refractivity (Wildman–Crippen MR) is 83.7 cm³/mol. The molecule has 0 heterocycles. The number of nitrogens with zero attached hydrogens (tertiary/aromatic N) is 1. The van der Waals surface area contributed by atoms with Gasteiger partial charge in [-0.2, -0.15) is 5.26 Å². The second-order valence-corrected chi connectivity index (χ2v) is 5.60. The standard InChI is InChI=1S/C16H14BrFN2O/c1-16(10-19,12-9-11(17)7-8-13(12)18)20-14-5-3-4-6-15(14)21-2/h3-9,20H,1-2H3. The zero-order chi connectivity index (χ0) is 15.5. The highest BCUT2D eigenvalue weighted by Crippen LogP contribution is 2.33. The minimum Gasteiger partial charge on any atom is -0.495 e. The lowest BCUT2D eigenvalue weighted by Crippen LogP contribution is -2.31. The van der Waals surface area contributed by atoms with E-state index in [1.54, 1.807) is 38.3 Å². The van der Waals surface area contributed by atoms with Crippen LogP contribution in [0.1, 0.15) is 12.5 Å². The number of ether oxygens (including phenoxy) is 1. The molecule has 0 saturated carbocycles. The van der Waals surface area contributed by atoms with Crippen LogP contribution in [-0.2, 0) is 5.54 Å². The van der Waals surface area contributed by atoms with Gasteiger partial charge in [0, 0.05) is 10.0 Å². The molecule has 0 bridgehead atoms. The number of benzene rings is 2. The van der Waals surface area contributed by atoms with Crippen molar-refractivity contribution in [2.75, 3.05) is 12.4 Å². The third-order valence-electron chi connectivity index (χ3n) is 3.18. The molecular formula is C16H14BrFN2O. The van der Waals surface area contributed by atoms with Crippen LogP contribution in [0.15, 0.2) is 46.9 Å². The first-order valence-electron chi connectivity index (χ1n) is 6.28. The van der Waals surface area contributed by atoms with Gasteiger partial charge in [0.15, 0.2) is 5.54 Å². The van der Waals surface area contributed by atoms with Gasteiger partial charge in [0.1, 0.15) is 11.6 Å². The van der Waals surface area contributed by atoms with Crippen molar-refractivity contribution < 1.29 is 9.13 Å². The summed E-state index contributed by atoms with van der Waals surface area (Å²) in [5.74, 6) is 0.152. The number of nitrogens with one attached hydrogen (secondary N) is 1. The van der Waals surface area contributed by atoms with Crippen LogP contribution in [0.2, 0.25) is 0 Å². The van der Waals surface area contributed by atoms with E-state index in [4.69, 9.17) is 4.74 Å². The number of rotatable bonds is 4. The molecule has 3 nitrogen and oxygen atoms in total. The average Bonchev–Trinajstić information content (AvgIpc) is 2.50. The minimum absolute atomic E-state index is 0.269. The Morgan fingerprint density at radius 2 is 2.00 bits per heavy atom. The molecule has 0 amide bonds. The van der Waals surface area contributed by atoms with E-state index in [1.807, 2.05) is 12.1 Å². The fourth-order valence-electron chi connectivity index (χ4n) is 2.05. The Labute approximate surface area is 131 Å². The second-order valence-electron chi connectivity index (χ2n) is 4.69. The van der Waals surface area contributed by atoms with Gasteiger partial charge >= 0.3 is 0 Å². The van der Waals surface area contributed by atoms with Crippen LogP contribution in [-0.4, -0.2) is 7.11 Å². The molecule has 0 aliphatic rings. The van der Waals surface area contributed by atoms with Crippen LogP contribution in [0.25, 0.3) is 0 Å². The SMILES string of the molecule is COc1ccccc1NC(C)(C#N)c1cc(Br)ccc1F. The van der Waals surface area contributed by atoms with E-state index in [-0.39, 0.29) is 5.56 Å². The monoisotopic (exact) mass is 348 g/mol. The molecule has 5 heteroatoms. The summed E-state index contributed by atoms with van der Waals surface area (Å²) < 4.78 is 20.1. The summed E-state index contributed by atoms with van der Waals surface area (Å²) in [6.45, 7) is 1.63. The number of hydrogen-bond donors (Lipinski definition) is 1. The van der Waals surface area contributed by atoms with Gasteiger partial charge in [0.25, 0.3) is 0 Å². The lowest BCUT2D eigenvalue weighted by molar-refractivity contribution is 0.415. The Morgan fingerprint density at radius 3 is 2.67 bits per heavy atom. The Bertz CT molecular complexity index is 699. The van der Waals surface area contributed by atoms with E-state index in [2.05, 4.69) is 27.3 Å². The first kappa shape index (κ1) is 15.3. The molecule has 0 aliphatic carbocycles. The van der Waals surface area contributed by atoms with Crippen molar-refractivity contribution in [2.24, 2.45) is 0 Å². The smallest absolute Gasteiger partial charge is 0.151 e. The van der Waals surface area contributed by atoms with Crippen molar-refractivity contribution in [3.8, 4) is 11.8 Å². The van der Waals surface area contributed by atoms with Gasteiger partial charge in [-0.1, -0.05) is 28.1 Å². The Kier molecular flexibility index (Phi) is 4.49. The summed E-state index contributed by atoms with van der Waals surface area (Å²) >= 11 is 3.30. The summed E-state index contributed by atoms with van der Waals surface area (Å²) in [4.78, 5) is 0. The Morgan fingerprint density at radius 1 is 1.29 bits per heavy atom. The maximum atomic E-state index is 14.1. The quantitative estimate of drug-likeness (QED) is 0.887. The van der Waals surface area contributed by atoms with Crippen LogP contribution in [0.3, 0.4) is 0 Å². The van der Waals surface area contributed by atoms with Crippen molar-refractivity contribution in [3.05, 3.63) is 58.3 Å². The first-order valence-corrected chi connectivity index (χ1v) is 7.07. The summed E-state index contributed by atoms with van der Waals surface area (Å²) in [6, 6.07) is 13.9. The maximum Gasteiger partial charge on any atom is 0.151 e. The summed E-state index contributed by atoms with van der Waals surface area (Å²) in [5.41, 5.74) is -0.323. The van der Waals surface area contributed by atoms with E-state index in [1.165, 1.54) is 6.07 Å². The van der Waals surface area contributed by atoms with Crippen LogP contribution in [0, 0.1) is 17.1 Å². The number of hydrogen-bond acceptors (Lipinski definition) is 3. The molecule has 2 rings (SSSR count). The lowest BCUT2D eigenvalue weighted by Gasteiger charge is -2.26. The van der Waals surface area contributed by atoms with Crippen LogP contribution < -0.4 is 10.1 Å². The average molecular weight is 349 g/mol. The van der Waals surface area contributed by atoms with Crippen molar-refractivity contribution in [3.63, 3.8) is 0 Å². The fraction of sp³-hybridized carbons (Fsp3) is 0.188. The summed E-state index contributed by atoms with van der Waals surface area (Å²) in [5, 5.41) is 12.6. The topological polar surface area (TPSA) is 45.0 Å². The van der Waals surface area contributed by atoms with Crippen molar-refractivity contribution in [1.82, 2.24) is 0 Å². The zero-order valence-corrected chi connectivity index (χ0v) is 13.2. The van der Waals surface area contributed by atoms with Gasteiger partial charge in [0.05, 0.1) is 18.9 Å². The molecule has 0 saturated heterocycles. The molecule has 21 heavy (non-hydrogen) atoms. The zero-order valence-electron chi connectivity index (χ0n) is 11.7. The number of para-hydroxylation sites is 2. The van der Waals surface area contributed by atoms with Gasteiger partial charge in [-0.25, -0.2) is 4.39 Å². The number of methoxy groups -OCH3 is 1. The molecule has 0 aliphatic heterocycles. The van der Waals surface area contributed by atoms with Crippen LogP contribution in [0.4, 0.5) is 10.1 Å². The number of anilines is 1. The highest BCUT2D eigenvalue weighted by Gasteiger charge is 2.30. The highest BCUT2D eigenvalue weighted by atomic mass is 79.9. The lowest BCUT2D eigenvalue weighted by atomic mass is 9.92. The van der Waals surface area contributed by atoms with Gasteiger partial charge < -0.3 is 10.1 Å². The normalized spacial score (nSPS) is 13.1. The third-order valence-corrected chi connectivity index (χ3v) is 3.68. The molecule has 0 spiro atoms. The van der Waals surface area contributed by atoms with E-state index in [0.29, 0.717) is 15.9 Å². The third kappa shape index (κ3) is 3.17. The Balaban J connectivity index is 2.47. The molecule has 0 aromatic heterocycles. The molecule has 0 fully saturated rings. The fourth-order valence-corrected chi connectivity index (χ4v) is 2.41. The molecular weight excluding hydrogens is 335 g/mol. The summed E-state index contributed by atoms with van der Waals surface area (Å²) in [7, 11) is 1.55. The predicted octanol–water partition coefficient (Wildman–Crippen LogP) is 4.45. The molecule has 1 atom stereocenters. The van der Waals surface area contributed by atoms with Crippen molar-refractivity contribution in [1.29, 1.82) is 5.26 Å². The number of halogens is 2. The van der Waals surface area contributed by atoms with E-state index >= 15 is 0 Å². The van der Waals surface area contributed by atoms with Crippen molar-refractivity contribution in [2.45, 2.75) is 12.5 Å². The highest BCUT2D eigenvalue weighted by molar-refractivity contribution is 9.10. The van der Waals surface area contributed by atoms with Crippen LogP contribution >= 0.6 is 15.9 Å². The Hall–Kier alpha value is -2.06. The molecule has 1 N–H and O–H groups in total. The molecule has 2 aromatic carbocycles. The van der Waals surface area contributed by atoms with Gasteiger partial charge in [-0.3, -0.25) is 0 Å². The van der Waals surface area contributed by atoms with Crippen molar-refractivity contribution >= 4 is 21.6 Å². The number of nitriles is 1. The molecule has 108 valence electrons. The second kappa shape index (κ2) is 6.15. The van der Waals surface area contributed by atoms with E-state index < -0.39 is 11.4 Å². The molecule has 0 radical (unpaired) electrons. The van der Waals surface area contributed by atoms with Gasteiger partial charge in [-0.15, -0.1) is 0 Å². The molecule has 2 aromatic rings. The van der Waals surface area contributed by atoms with Gasteiger partial charge in [0.2, 0.25) is 0 Å². The minimum atomic E-state index is -1.22. The molecule has 1 unspecified atom stereocenters.